The van der Waals surface area contributed by atoms with Gasteiger partial charge in [-0.25, -0.2) is 13.4 Å². The molecule has 2 aromatic heterocycles. The number of nitrogens with one attached hydrogen (secondary N) is 2. The van der Waals surface area contributed by atoms with Crippen molar-refractivity contribution in [3.05, 3.63) is 47.7 Å². The van der Waals surface area contributed by atoms with Crippen molar-refractivity contribution in [3.8, 4) is 0 Å². The summed E-state index contributed by atoms with van der Waals surface area (Å²) in [5.41, 5.74) is 9.17. The molecule has 2 saturated carbocycles. The molecule has 1 aromatic carbocycles. The molecule has 3 aromatic rings. The van der Waals surface area contributed by atoms with Crippen molar-refractivity contribution in [1.29, 1.82) is 0 Å². The largest absolute Gasteiger partial charge is 0.367 e. The minimum atomic E-state index is -3.18. The lowest BCUT2D eigenvalue weighted by Crippen LogP contribution is -2.21. The fraction of sp³-hybridized carbons (Fsp3) is 0.400. The highest BCUT2D eigenvalue weighted by molar-refractivity contribution is 7.89. The second kappa shape index (κ2) is 6.43. The molecule has 2 fully saturated rings. The minimum Gasteiger partial charge on any atom is -0.367 e. The van der Waals surface area contributed by atoms with Crippen LogP contribution in [0.3, 0.4) is 0 Å². The number of nitrogens with two attached hydrogens (primary N) is 1. The van der Waals surface area contributed by atoms with Gasteiger partial charge in [0.1, 0.15) is 11.6 Å². The second-order valence-corrected chi connectivity index (χ2v) is 10.4. The highest BCUT2D eigenvalue weighted by Crippen LogP contribution is 2.45. The van der Waals surface area contributed by atoms with Crippen LogP contribution in [0.1, 0.15) is 36.8 Å². The molecule has 0 amide bonds. The minimum absolute atomic E-state index is 0.0274. The summed E-state index contributed by atoms with van der Waals surface area (Å²) in [6, 6.07) is 10.0. The molecule has 8 nitrogen and oxygen atoms in total. The predicted molar refractivity (Wildman–Crippen MR) is 113 cm³/mol. The number of hydrogen-bond donors (Lipinski definition) is 3. The molecule has 2 aliphatic carbocycles. The summed E-state index contributed by atoms with van der Waals surface area (Å²) >= 11 is 0. The summed E-state index contributed by atoms with van der Waals surface area (Å²) in [5, 5.41) is 11.1. The third-order valence-electron chi connectivity index (χ3n) is 5.41. The number of sulfone groups is 1. The van der Waals surface area contributed by atoms with Crippen LogP contribution >= 0.6 is 0 Å². The Morgan fingerprint density at radius 1 is 1.24 bits per heavy atom. The number of anilines is 3. The molecule has 0 unspecified atom stereocenters. The quantitative estimate of drug-likeness (QED) is 0.546. The first-order valence-corrected chi connectivity index (χ1v) is 11.8. The van der Waals surface area contributed by atoms with Crippen LogP contribution in [0.15, 0.2) is 36.5 Å². The Bertz CT molecular complexity index is 1190. The van der Waals surface area contributed by atoms with Gasteiger partial charge in [-0.2, -0.15) is 9.61 Å². The van der Waals surface area contributed by atoms with Crippen LogP contribution in [-0.2, 0) is 21.1 Å². The summed E-state index contributed by atoms with van der Waals surface area (Å²) < 4.78 is 25.7. The molecule has 2 aliphatic rings. The highest BCUT2D eigenvalue weighted by Gasteiger charge is 2.41. The van der Waals surface area contributed by atoms with Gasteiger partial charge in [-0.3, -0.25) is 0 Å². The lowest BCUT2D eigenvalue weighted by Gasteiger charge is -2.17. The normalized spacial score (nSPS) is 18.0. The molecular weight excluding hydrogens is 388 g/mol. The molecule has 9 heteroatoms. The summed E-state index contributed by atoms with van der Waals surface area (Å²) in [6.45, 7) is 0. The third kappa shape index (κ3) is 3.92. The molecule has 5 rings (SSSR count). The molecule has 0 bridgehead atoms. The molecule has 0 atom stereocenters. The predicted octanol–water partition coefficient (Wildman–Crippen LogP) is 2.54. The van der Waals surface area contributed by atoms with Crippen molar-refractivity contribution in [2.24, 2.45) is 5.73 Å². The summed E-state index contributed by atoms with van der Waals surface area (Å²) in [6.07, 6.45) is 7.05. The first-order chi connectivity index (χ1) is 13.8. The lowest BCUT2D eigenvalue weighted by molar-refractivity contribution is 0.600. The van der Waals surface area contributed by atoms with Gasteiger partial charge in [0.05, 0.1) is 11.9 Å². The zero-order valence-electron chi connectivity index (χ0n) is 16.2. The number of fused-ring (bicyclic) bond motifs is 1. The molecular formula is C20H24N6O2S. The molecule has 152 valence electrons. The van der Waals surface area contributed by atoms with Crippen LogP contribution in [0, 0.1) is 0 Å². The number of rotatable bonds is 7. The van der Waals surface area contributed by atoms with E-state index in [0.717, 1.165) is 54.0 Å². The van der Waals surface area contributed by atoms with E-state index in [1.165, 1.54) is 6.26 Å². The molecule has 0 aliphatic heterocycles. The maximum atomic E-state index is 11.9. The fourth-order valence-electron chi connectivity index (χ4n) is 3.63. The lowest BCUT2D eigenvalue weighted by atomic mass is 9.99. The molecule has 29 heavy (non-hydrogen) atoms. The van der Waals surface area contributed by atoms with Gasteiger partial charge in [-0.1, -0.05) is 6.07 Å². The van der Waals surface area contributed by atoms with Crippen molar-refractivity contribution < 1.29 is 8.42 Å². The van der Waals surface area contributed by atoms with Crippen LogP contribution in [0.25, 0.3) is 5.65 Å². The highest BCUT2D eigenvalue weighted by atomic mass is 32.2. The molecule has 4 N–H and O–H groups in total. The SMILES string of the molecule is CS(=O)(=O)Cc1cc(Nc2cc(NC3CC3)n3nccc3n2)ccc1C1(N)CC1. The average Bonchev–Trinajstić information content (AvgIpc) is 3.54. The fourth-order valence-corrected chi connectivity index (χ4v) is 4.43. The zero-order chi connectivity index (χ0) is 20.2. The molecule has 0 spiro atoms. The smallest absolute Gasteiger partial charge is 0.159 e. The zero-order valence-corrected chi connectivity index (χ0v) is 17.0. The molecule has 0 radical (unpaired) electrons. The van der Waals surface area contributed by atoms with E-state index in [9.17, 15) is 8.42 Å². The van der Waals surface area contributed by atoms with Crippen molar-refractivity contribution in [1.82, 2.24) is 14.6 Å². The Morgan fingerprint density at radius 3 is 2.72 bits per heavy atom. The Hall–Kier alpha value is -2.65. The third-order valence-corrected chi connectivity index (χ3v) is 6.24. The van der Waals surface area contributed by atoms with Gasteiger partial charge in [0, 0.05) is 35.7 Å². The Balaban J connectivity index is 1.49. The van der Waals surface area contributed by atoms with Gasteiger partial charge in [0.25, 0.3) is 0 Å². The number of hydrogen-bond acceptors (Lipinski definition) is 7. The van der Waals surface area contributed by atoms with Gasteiger partial charge in [0.15, 0.2) is 15.5 Å². The van der Waals surface area contributed by atoms with Crippen LogP contribution in [-0.4, -0.2) is 35.3 Å². The second-order valence-electron chi connectivity index (χ2n) is 8.27. The monoisotopic (exact) mass is 412 g/mol. The number of aromatic nitrogens is 3. The maximum absolute atomic E-state index is 11.9. The van der Waals surface area contributed by atoms with E-state index in [4.69, 9.17) is 5.73 Å². The Labute approximate surface area is 169 Å². The number of nitrogens with zero attached hydrogens (tertiary/aromatic N) is 3. The van der Waals surface area contributed by atoms with Crippen LogP contribution < -0.4 is 16.4 Å². The standard InChI is InChI=1S/C20H24N6O2S/c1-29(27,28)12-13-10-15(4-5-16(13)20(21)7-8-20)23-17-11-19(24-14-2-3-14)26-18(25-17)6-9-22-26/h4-6,9-11,14,24H,2-3,7-8,12,21H2,1H3,(H,23,25). The van der Waals surface area contributed by atoms with Gasteiger partial charge in [-0.05, 0) is 48.9 Å². The van der Waals surface area contributed by atoms with E-state index in [2.05, 4.69) is 20.7 Å². The first-order valence-electron chi connectivity index (χ1n) is 9.77. The van der Waals surface area contributed by atoms with E-state index in [0.29, 0.717) is 11.9 Å². The first kappa shape index (κ1) is 18.4. The van der Waals surface area contributed by atoms with E-state index in [1.807, 2.05) is 30.3 Å². The summed E-state index contributed by atoms with van der Waals surface area (Å²) in [4.78, 5) is 4.61. The molecule has 2 heterocycles. The van der Waals surface area contributed by atoms with Crippen LogP contribution in [0.4, 0.5) is 17.3 Å². The van der Waals surface area contributed by atoms with Gasteiger partial charge >= 0.3 is 0 Å². The van der Waals surface area contributed by atoms with E-state index in [1.54, 1.807) is 10.7 Å². The molecule has 0 saturated heterocycles. The van der Waals surface area contributed by atoms with Crippen molar-refractivity contribution in [3.63, 3.8) is 0 Å². The van der Waals surface area contributed by atoms with Crippen LogP contribution in [0.2, 0.25) is 0 Å². The Kier molecular flexibility index (Phi) is 4.08. The number of benzene rings is 1. The van der Waals surface area contributed by atoms with Gasteiger partial charge < -0.3 is 16.4 Å². The van der Waals surface area contributed by atoms with Crippen molar-refractivity contribution in [2.45, 2.75) is 43.0 Å². The van der Waals surface area contributed by atoms with Crippen LogP contribution in [0.5, 0.6) is 0 Å². The van der Waals surface area contributed by atoms with Crippen molar-refractivity contribution in [2.75, 3.05) is 16.9 Å². The summed E-state index contributed by atoms with van der Waals surface area (Å²) in [5.74, 6) is 1.53. The van der Waals surface area contributed by atoms with Crippen molar-refractivity contribution >= 4 is 32.8 Å². The van der Waals surface area contributed by atoms with Gasteiger partial charge in [0.2, 0.25) is 0 Å². The van der Waals surface area contributed by atoms with E-state index >= 15 is 0 Å². The Morgan fingerprint density at radius 2 is 2.03 bits per heavy atom. The van der Waals surface area contributed by atoms with Gasteiger partial charge in [-0.15, -0.1) is 0 Å². The summed E-state index contributed by atoms with van der Waals surface area (Å²) in [7, 11) is -3.18. The van der Waals surface area contributed by atoms with E-state index < -0.39 is 15.4 Å². The maximum Gasteiger partial charge on any atom is 0.159 e. The van der Waals surface area contributed by atoms with E-state index in [-0.39, 0.29) is 5.75 Å². The topological polar surface area (TPSA) is 114 Å². The average molecular weight is 413 g/mol.